The van der Waals surface area contributed by atoms with E-state index in [4.69, 9.17) is 32.6 Å². The number of phenols is 4. The lowest BCUT2D eigenvalue weighted by Crippen LogP contribution is -2.17. The minimum Gasteiger partial charge on any atom is -0.507 e. The number of hydrazone groups is 4. The van der Waals surface area contributed by atoms with Crippen molar-refractivity contribution in [3.63, 3.8) is 0 Å². The Hall–Kier alpha value is -17.4. The first-order valence-corrected chi connectivity index (χ1v) is 42.3. The Kier molecular flexibility index (Phi) is 30.3. The number of aromatic hydroxyl groups is 4. The van der Waals surface area contributed by atoms with Gasteiger partial charge in [0.1, 0.15) is 53.1 Å². The zero-order valence-electron chi connectivity index (χ0n) is 72.3. The average molecular weight is 1960 g/mol. The van der Waals surface area contributed by atoms with Crippen LogP contribution in [0.1, 0.15) is 142 Å². The molecule has 0 atom stereocenters. The van der Waals surface area contributed by atoms with Crippen LogP contribution in [0.2, 0.25) is 5.02 Å². The number of halogens is 12. The Balaban J connectivity index is 0.000000156. The number of nitrogens with zero attached hydrogens (tertiary/aromatic N) is 12. The summed E-state index contributed by atoms with van der Waals surface area (Å²) in [5.41, 5.74) is 16.9. The third-order valence-corrected chi connectivity index (χ3v) is 22.8. The van der Waals surface area contributed by atoms with E-state index in [9.17, 15) is 83.5 Å². The van der Waals surface area contributed by atoms with Crippen LogP contribution in [0.4, 0.5) is 43.9 Å². The molecule has 16 rings (SSSR count). The number of aromatic nitrogens is 4. The highest BCUT2D eigenvalue weighted by atomic mass is 79.9. The summed E-state index contributed by atoms with van der Waals surface area (Å²) in [5, 5.41) is 93.6. The molecule has 0 unspecified atom stereocenters. The van der Waals surface area contributed by atoms with Crippen LogP contribution in [0.5, 0.6) is 23.0 Å². The molecule has 8 N–H and O–H groups in total. The monoisotopic (exact) mass is 1950 g/mol. The van der Waals surface area contributed by atoms with Crippen LogP contribution >= 0.6 is 27.5 Å². The van der Waals surface area contributed by atoms with E-state index in [1.807, 2.05) is 67.7 Å². The van der Waals surface area contributed by atoms with Crippen molar-refractivity contribution in [3.8, 4) is 47.3 Å². The smallest absolute Gasteiger partial charge is 0.417 e. The van der Waals surface area contributed by atoms with Crippen molar-refractivity contribution in [1.82, 2.24) is 40.0 Å². The van der Waals surface area contributed by atoms with E-state index >= 15 is 0 Å². The predicted octanol–water partition coefficient (Wildman–Crippen LogP) is 21.7. The molecule has 12 aromatic carbocycles. The zero-order chi connectivity index (χ0) is 99.0. The molecule has 692 valence electrons. The number of carbonyl (C=O) groups excluding carboxylic acids is 4. The molecule has 0 aliphatic rings. The van der Waals surface area contributed by atoms with Gasteiger partial charge in [0.25, 0.3) is 23.6 Å². The maximum absolute atomic E-state index is 13.9. The number of hydrogen-bond donors (Lipinski definition) is 8. The van der Waals surface area contributed by atoms with Crippen molar-refractivity contribution in [2.45, 2.75) is 65.5 Å². The minimum absolute atomic E-state index is 0.0320. The second-order valence-corrected chi connectivity index (χ2v) is 32.1. The van der Waals surface area contributed by atoms with Gasteiger partial charge in [0.15, 0.2) is 0 Å². The third kappa shape index (κ3) is 23.4. The Morgan fingerprint density at radius 1 is 0.391 bits per heavy atom. The number of nitriles is 4. The molecule has 0 saturated carbocycles. The topological polar surface area (TPSA) is 362 Å². The van der Waals surface area contributed by atoms with E-state index in [-0.39, 0.29) is 109 Å². The number of benzene rings is 12. The van der Waals surface area contributed by atoms with E-state index in [1.165, 1.54) is 110 Å². The number of carbonyl (C=O) groups is 4. The van der Waals surface area contributed by atoms with E-state index < -0.39 is 64.7 Å². The largest absolute Gasteiger partial charge is 0.507 e. The second kappa shape index (κ2) is 42.6. The number of aryl methyl sites for hydroxylation is 2. The molecule has 0 radical (unpaired) electrons. The highest BCUT2D eigenvalue weighted by Crippen LogP contribution is 2.40. The SMILES string of the molecule is Cc1cc(C)c(C(F)(F)F)c(Cn2ccc3c(/C=N/NC(=O)c4ccc(O)c(C#N)c4)cccc32)c1C.N#Cc1cc(C(=O)N/N=C/c2cccc3c2ccn3Cc2cc(C(F)(F)F)ccc2Cl)ccc1O.N#Cc1cc(C(=O)N/N=C/c2cccc3c2ccn3Cc2cc(F)ccc2C(F)(F)F)ccc1O.N#Cc1cc(C(=O)N/N=C/c2cccc3c2ccn3Cc2ccc(Br)cc2)ccc1O. The van der Waals surface area contributed by atoms with Gasteiger partial charge >= 0.3 is 18.5 Å². The van der Waals surface area contributed by atoms with Gasteiger partial charge in [0, 0.05) is 149 Å². The van der Waals surface area contributed by atoms with Crippen molar-refractivity contribution >= 4 is 120 Å². The fourth-order valence-corrected chi connectivity index (χ4v) is 15.3. The average Bonchev–Trinajstić information content (AvgIpc) is 1.46. The number of amides is 4. The van der Waals surface area contributed by atoms with Crippen molar-refractivity contribution in [1.29, 1.82) is 21.0 Å². The molecule has 0 aliphatic heterocycles. The highest BCUT2D eigenvalue weighted by Gasteiger charge is 2.37. The van der Waals surface area contributed by atoms with Gasteiger partial charge in [0.05, 0.1) is 63.8 Å². The summed E-state index contributed by atoms with van der Waals surface area (Å²) in [5.74, 6) is -3.83. The summed E-state index contributed by atoms with van der Waals surface area (Å²) in [7, 11) is 0. The van der Waals surface area contributed by atoms with Gasteiger partial charge < -0.3 is 38.7 Å². The third-order valence-electron chi connectivity index (χ3n) is 21.9. The van der Waals surface area contributed by atoms with E-state index in [0.717, 1.165) is 85.2 Å². The number of hydrogen-bond acceptors (Lipinski definition) is 16. The van der Waals surface area contributed by atoms with Crippen LogP contribution in [0.3, 0.4) is 0 Å². The van der Waals surface area contributed by atoms with Crippen LogP contribution in [0.25, 0.3) is 43.6 Å². The van der Waals surface area contributed by atoms with E-state index in [2.05, 4.69) is 74.7 Å². The molecule has 0 bridgehead atoms. The lowest BCUT2D eigenvalue weighted by molar-refractivity contribution is -0.139. The fourth-order valence-electron chi connectivity index (χ4n) is 14.9. The van der Waals surface area contributed by atoms with Gasteiger partial charge in [-0.05, 0) is 230 Å². The number of nitrogens with one attached hydrogen (secondary N) is 4. The molecule has 0 fully saturated rings. The molecule has 4 heterocycles. The summed E-state index contributed by atoms with van der Waals surface area (Å²) in [4.78, 5) is 49.2. The lowest BCUT2D eigenvalue weighted by atomic mass is 9.92. The Morgan fingerprint density at radius 2 is 0.739 bits per heavy atom. The second-order valence-electron chi connectivity index (χ2n) is 30.8. The Bertz CT molecular complexity index is 7740. The maximum Gasteiger partial charge on any atom is 0.417 e. The molecule has 36 heteroatoms. The minimum atomic E-state index is -4.62. The van der Waals surface area contributed by atoms with Crippen molar-refractivity contribution in [2.75, 3.05) is 0 Å². The van der Waals surface area contributed by atoms with Crippen molar-refractivity contribution in [2.24, 2.45) is 20.4 Å². The summed E-state index contributed by atoms with van der Waals surface area (Å²) < 4.78 is 143. The number of phenolic OH excluding ortho intramolecular Hbond substituents is 4. The molecular formula is C102H72BrClF10N16O8. The zero-order valence-corrected chi connectivity index (χ0v) is 74.6. The molecule has 16 aromatic rings. The van der Waals surface area contributed by atoms with Gasteiger partial charge in [-0.1, -0.05) is 94.3 Å². The maximum atomic E-state index is 13.9. The normalized spacial score (nSPS) is 11.5. The molecule has 24 nitrogen and oxygen atoms in total. The van der Waals surface area contributed by atoms with Gasteiger partial charge in [-0.2, -0.15) is 81.0 Å². The van der Waals surface area contributed by atoms with Gasteiger partial charge in [-0.3, -0.25) is 19.2 Å². The highest BCUT2D eigenvalue weighted by molar-refractivity contribution is 9.10. The Labute approximate surface area is 791 Å². The van der Waals surface area contributed by atoms with Crippen LogP contribution in [0.15, 0.2) is 286 Å². The molecule has 0 saturated heterocycles. The van der Waals surface area contributed by atoms with Crippen LogP contribution in [-0.4, -0.2) is 87.2 Å². The molecule has 0 spiro atoms. The van der Waals surface area contributed by atoms with E-state index in [1.54, 1.807) is 130 Å². The van der Waals surface area contributed by atoms with Crippen molar-refractivity contribution in [3.05, 3.63) is 399 Å². The van der Waals surface area contributed by atoms with Crippen molar-refractivity contribution < 1.29 is 83.5 Å². The first kappa shape index (κ1) is 98.1. The molecular weight excluding hydrogens is 1880 g/mol. The summed E-state index contributed by atoms with van der Waals surface area (Å²) in [6.45, 7) is 5.72. The lowest BCUT2D eigenvalue weighted by Gasteiger charge is -2.21. The number of alkyl halides is 9. The molecule has 138 heavy (non-hydrogen) atoms. The van der Waals surface area contributed by atoms with Gasteiger partial charge in [-0.25, -0.2) is 26.1 Å². The number of rotatable bonds is 20. The summed E-state index contributed by atoms with van der Waals surface area (Å²) in [6.07, 6.45) is -0.622. The molecule has 4 amide bonds. The van der Waals surface area contributed by atoms with Crippen LogP contribution < -0.4 is 21.7 Å². The molecule has 4 aromatic heterocycles. The Morgan fingerprint density at radius 3 is 1.08 bits per heavy atom. The summed E-state index contributed by atoms with van der Waals surface area (Å²) >= 11 is 9.60. The van der Waals surface area contributed by atoms with Crippen LogP contribution in [-0.2, 0) is 44.7 Å². The fraction of sp³-hybridized carbons (Fsp3) is 0.0980. The standard InChI is InChI=1S/C28H23F3N4O2.C25H16ClF3N4O2.C25H16F4N4O2.C24H17BrN4O2/c1-16-11-17(2)26(28(29,30)31)23(18(16)3)15-35-10-9-22-20(5-4-6-24(22)35)14-33-34-27(37)19-7-8-25(36)21(12-19)13-32;26-21-6-5-19(25(27,28)29)11-18(21)14-33-9-8-20-16(2-1-3-22(20)33)13-31-32-24(35)15-4-7-23(34)17(10-15)12-30;26-19-5-6-21(25(27,28)29)18(11-19)14-33-9-8-20-16(2-1-3-22(20)33)13-31-32-24(35)15-4-7-23(34)17(10-15)12-30;25-20-7-4-16(5-8-20)15-29-11-10-21-18(2-1-3-22(21)29)14-27-28-24(31)17-6-9-23(30)19(12-17)13-26/h4-12,14,36H,15H2,1-3H3,(H,34,37);2*1-11,13,34H,14H2,(H,32,35);1-12,14,30H,15H2,(H,28,31)/b33-14+;2*31-13+;27-14+. The van der Waals surface area contributed by atoms with E-state index in [0.29, 0.717) is 38.7 Å². The molecule has 0 aliphatic carbocycles. The van der Waals surface area contributed by atoms with Crippen LogP contribution in [0, 0.1) is 71.9 Å². The predicted molar refractivity (Wildman–Crippen MR) is 503 cm³/mol. The van der Waals surface area contributed by atoms with Gasteiger partial charge in [-0.15, -0.1) is 0 Å². The quantitative estimate of drug-likeness (QED) is 0.0201. The first-order valence-electron chi connectivity index (χ1n) is 41.1. The van der Waals surface area contributed by atoms with Gasteiger partial charge in [0.2, 0.25) is 0 Å². The number of fused-ring (bicyclic) bond motifs is 4. The first-order chi connectivity index (χ1) is 65.9. The summed E-state index contributed by atoms with van der Waals surface area (Å²) in [6, 6.07) is 67.2.